The fraction of sp³-hybridized carbons (Fsp3) is 0.120. The lowest BCUT2D eigenvalue weighted by atomic mass is 9.80. The van der Waals surface area contributed by atoms with E-state index in [1.54, 1.807) is 12.1 Å². The van der Waals surface area contributed by atoms with Crippen molar-refractivity contribution in [3.05, 3.63) is 203 Å². The van der Waals surface area contributed by atoms with Crippen molar-refractivity contribution in [1.82, 2.24) is 0 Å². The number of carbonyl (C=O) groups excluding carboxylic acids is 2. The van der Waals surface area contributed by atoms with Crippen LogP contribution in [-0.4, -0.2) is 55.4 Å². The third-order valence-corrected chi connectivity index (χ3v) is 13.5. The minimum absolute atomic E-state index is 0.242. The predicted octanol–water partition coefficient (Wildman–Crippen LogP) is 7.20. The lowest BCUT2D eigenvalue weighted by Crippen LogP contribution is -2.35. The topological polar surface area (TPSA) is 136 Å². The van der Waals surface area contributed by atoms with Gasteiger partial charge in [0.25, 0.3) is 23.4 Å². The van der Waals surface area contributed by atoms with Crippen LogP contribution in [0.2, 0.25) is 0 Å². The molecule has 11 rings (SSSR count). The van der Waals surface area contributed by atoms with Gasteiger partial charge in [-0.1, -0.05) is 137 Å². The fourth-order valence-corrected chi connectivity index (χ4v) is 10.2. The van der Waals surface area contributed by atoms with Gasteiger partial charge in [0.05, 0.1) is 37.8 Å². The highest BCUT2D eigenvalue weighted by atomic mass is 79.9. The van der Waals surface area contributed by atoms with Crippen molar-refractivity contribution in [1.29, 1.82) is 0 Å². The Kier molecular flexibility index (Phi) is 14.4. The number of ether oxygens (including phenoxy) is 4. The summed E-state index contributed by atoms with van der Waals surface area (Å²) in [6.45, 7) is 1.65. The van der Waals surface area contributed by atoms with Crippen LogP contribution in [0.1, 0.15) is 11.1 Å². The molecule has 4 aliphatic heterocycles. The van der Waals surface area contributed by atoms with Gasteiger partial charge < -0.3 is 39.6 Å². The van der Waals surface area contributed by atoms with E-state index in [4.69, 9.17) is 29.0 Å². The summed E-state index contributed by atoms with van der Waals surface area (Å²) < 4.78 is 48.1. The lowest BCUT2D eigenvalue weighted by Gasteiger charge is -2.19. The summed E-state index contributed by atoms with van der Waals surface area (Å²) in [6, 6.07) is 54.6. The van der Waals surface area contributed by atoms with Crippen molar-refractivity contribution < 1.29 is 47.4 Å². The molecule has 328 valence electrons. The molecule has 2 spiro atoms. The van der Waals surface area contributed by atoms with Crippen LogP contribution in [0.15, 0.2) is 180 Å². The van der Waals surface area contributed by atoms with Gasteiger partial charge in [-0.25, -0.2) is 8.78 Å². The van der Waals surface area contributed by atoms with Crippen LogP contribution in [0, 0.1) is 11.6 Å². The Balaban J connectivity index is 0.000000122. The molecule has 2 saturated heterocycles. The maximum Gasteiger partial charge on any atom is 0.488 e. The van der Waals surface area contributed by atoms with E-state index in [0.29, 0.717) is 43.1 Å². The normalized spacial score (nSPS) is 15.7. The van der Waals surface area contributed by atoms with Gasteiger partial charge in [0.2, 0.25) is 0 Å². The van der Waals surface area contributed by atoms with Crippen molar-refractivity contribution in [3.63, 3.8) is 0 Å². The van der Waals surface area contributed by atoms with E-state index >= 15 is 0 Å². The summed E-state index contributed by atoms with van der Waals surface area (Å²) in [5.41, 5.74) is 4.90. The van der Waals surface area contributed by atoms with Gasteiger partial charge in [-0.15, -0.1) is 0 Å². The van der Waals surface area contributed by atoms with Crippen LogP contribution in [-0.2, 0) is 40.1 Å². The molecule has 4 heterocycles. The van der Waals surface area contributed by atoms with Crippen LogP contribution < -0.4 is 32.0 Å². The van der Waals surface area contributed by atoms with E-state index in [0.717, 1.165) is 26.9 Å². The molecule has 10 nitrogen and oxygen atoms in total. The summed E-state index contributed by atoms with van der Waals surface area (Å²) in [4.78, 5) is 23.9. The van der Waals surface area contributed by atoms with Crippen LogP contribution in [0.4, 0.5) is 20.2 Å². The smallest absolute Gasteiger partial charge is 0.423 e. The molecular formula is C50H41BBrF2N2O8P. The summed E-state index contributed by atoms with van der Waals surface area (Å²) in [7, 11) is -1.96. The van der Waals surface area contributed by atoms with Crippen molar-refractivity contribution in [3.8, 4) is 11.1 Å². The molecule has 7 aromatic rings. The zero-order valence-corrected chi connectivity index (χ0v) is 37.1. The van der Waals surface area contributed by atoms with E-state index in [2.05, 4.69) is 118 Å². The first-order valence-corrected chi connectivity index (χ1v) is 22.7. The summed E-state index contributed by atoms with van der Waals surface area (Å²) >= 11 is 3.37. The lowest BCUT2D eigenvalue weighted by molar-refractivity contribution is -0.178. The Hall–Kier alpha value is -5.93. The van der Waals surface area contributed by atoms with E-state index < -0.39 is 26.6 Å². The van der Waals surface area contributed by atoms with Crippen LogP contribution in [0.25, 0.3) is 11.1 Å². The third kappa shape index (κ3) is 10.2. The second-order valence-corrected chi connectivity index (χ2v) is 17.9. The maximum atomic E-state index is 13.0. The molecule has 15 heteroatoms. The number of hydrogen-bond donors (Lipinski definition) is 4. The first-order chi connectivity index (χ1) is 31.6. The number of amides is 2. The van der Waals surface area contributed by atoms with Crippen molar-refractivity contribution in [2.75, 3.05) is 37.1 Å². The van der Waals surface area contributed by atoms with E-state index in [-0.39, 0.29) is 23.4 Å². The van der Waals surface area contributed by atoms with Crippen molar-refractivity contribution in [2.24, 2.45) is 0 Å². The quantitative estimate of drug-likeness (QED) is 0.105. The first kappa shape index (κ1) is 45.6. The van der Waals surface area contributed by atoms with Crippen LogP contribution >= 0.6 is 23.9 Å². The number of benzene rings is 7. The fourth-order valence-electron chi connectivity index (χ4n) is 7.51. The zero-order valence-electron chi connectivity index (χ0n) is 34.6. The molecule has 0 aliphatic carbocycles. The van der Waals surface area contributed by atoms with E-state index in [1.165, 1.54) is 52.3 Å². The second-order valence-electron chi connectivity index (χ2n) is 14.8. The Bertz CT molecular complexity index is 2640. The highest BCUT2D eigenvalue weighted by Gasteiger charge is 2.53. The standard InChI is InChI=1S/C18H15P.C16H12FNO3.C10H8BrNO3.C6H6BFO2/c1-4-10-16(11-5-1)19(17-12-6-2-7-13-17)18-14-8-3-9-15-18;17-12-4-1-10(2-5-12)11-3-6-14-13(9-11)16(15(19)18-14)20-7-8-21-16;11-6-1-2-8-7(5-6)10(9(13)12-8)14-3-4-15-10;8-6-3-1-5(2-4-6)7(9)10/h1-15H;1-6,9H,7-8H2,(H,18,19);1-2,5H,3-4H2,(H,12,13);1-4,9-10H. The average molecular weight is 958 g/mol. The summed E-state index contributed by atoms with van der Waals surface area (Å²) in [5, 5.41) is 26.8. The van der Waals surface area contributed by atoms with E-state index in [9.17, 15) is 18.4 Å². The molecule has 0 bridgehead atoms. The number of hydrogen-bond acceptors (Lipinski definition) is 8. The molecule has 0 unspecified atom stereocenters. The molecule has 0 saturated carbocycles. The molecule has 2 fully saturated rings. The summed E-state index contributed by atoms with van der Waals surface area (Å²) in [5.74, 6) is -3.75. The minimum Gasteiger partial charge on any atom is -0.423 e. The van der Waals surface area contributed by atoms with Gasteiger partial charge >= 0.3 is 7.12 Å². The molecule has 0 radical (unpaired) electrons. The van der Waals surface area contributed by atoms with Crippen LogP contribution in [0.5, 0.6) is 0 Å². The van der Waals surface area contributed by atoms with Gasteiger partial charge in [-0.3, -0.25) is 9.59 Å². The average Bonchev–Trinajstić information content (AvgIpc) is 4.14. The Morgan fingerprint density at radius 3 is 1.32 bits per heavy atom. The van der Waals surface area contributed by atoms with Crippen molar-refractivity contribution in [2.45, 2.75) is 11.6 Å². The first-order valence-electron chi connectivity index (χ1n) is 20.5. The highest BCUT2D eigenvalue weighted by molar-refractivity contribution is 9.10. The van der Waals surface area contributed by atoms with Crippen molar-refractivity contribution >= 4 is 75.5 Å². The van der Waals surface area contributed by atoms with Gasteiger partial charge in [-0.2, -0.15) is 0 Å². The SMILES string of the molecule is O=C1Nc2ccc(-c3ccc(F)cc3)cc2C12OCCO2.O=C1Nc2ccc(Br)cc2C12OCCO2.OB(O)c1ccc(F)cc1.c1ccc(P(c2ccccc2)c2ccccc2)cc1. The molecule has 4 N–H and O–H groups in total. The number of fused-ring (bicyclic) bond motifs is 4. The number of nitrogens with one attached hydrogen (secondary N) is 2. The van der Waals surface area contributed by atoms with Gasteiger partial charge in [0.15, 0.2) is 0 Å². The predicted molar refractivity (Wildman–Crippen MR) is 252 cm³/mol. The van der Waals surface area contributed by atoms with Gasteiger partial charge in [-0.05, 0) is 95.0 Å². The maximum absolute atomic E-state index is 13.0. The molecule has 0 atom stereocenters. The van der Waals surface area contributed by atoms with Gasteiger partial charge in [0, 0.05) is 15.6 Å². The monoisotopic (exact) mass is 956 g/mol. The Morgan fingerprint density at radius 2 is 0.892 bits per heavy atom. The second kappa shape index (κ2) is 20.5. The highest BCUT2D eigenvalue weighted by Crippen LogP contribution is 2.45. The van der Waals surface area contributed by atoms with Crippen LogP contribution in [0.3, 0.4) is 0 Å². The summed E-state index contributed by atoms with van der Waals surface area (Å²) in [6.07, 6.45) is 0. The molecule has 2 amide bonds. The number of anilines is 2. The molecule has 4 aliphatic rings. The number of rotatable bonds is 5. The number of halogens is 3. The molecule has 0 aromatic heterocycles. The Labute approximate surface area is 384 Å². The number of carbonyl (C=O) groups is 2. The van der Waals surface area contributed by atoms with E-state index in [1.807, 2.05) is 36.4 Å². The third-order valence-electron chi connectivity index (χ3n) is 10.6. The largest absolute Gasteiger partial charge is 0.488 e. The minimum atomic E-state index is -1.51. The molecule has 7 aromatic carbocycles. The Morgan fingerprint density at radius 1 is 0.508 bits per heavy atom. The molecule has 65 heavy (non-hydrogen) atoms. The zero-order chi connectivity index (χ0) is 45.4. The van der Waals surface area contributed by atoms with Gasteiger partial charge in [0.1, 0.15) is 11.6 Å². The molecular weight excluding hydrogens is 916 g/mol.